The van der Waals surface area contributed by atoms with Crippen molar-refractivity contribution in [3.8, 4) is 0 Å². The molecule has 0 spiro atoms. The number of hydrogen-bond donors (Lipinski definition) is 2. The number of rotatable bonds is 8. The molecule has 1 aromatic heterocycles. The highest BCUT2D eigenvalue weighted by atomic mass is 16.5. The molecule has 0 bridgehead atoms. The van der Waals surface area contributed by atoms with Crippen LogP contribution >= 0.6 is 0 Å². The third-order valence-electron chi connectivity index (χ3n) is 3.64. The van der Waals surface area contributed by atoms with Crippen molar-refractivity contribution in [1.29, 1.82) is 0 Å². The molecule has 1 unspecified atom stereocenters. The molecule has 2 N–H and O–H groups in total. The first kappa shape index (κ1) is 18.7. The van der Waals surface area contributed by atoms with Gasteiger partial charge in [0.2, 0.25) is 11.8 Å². The molecule has 8 nitrogen and oxygen atoms in total. The number of carboxylic acids is 1. The van der Waals surface area contributed by atoms with E-state index in [1.807, 2.05) is 0 Å². The first-order valence-corrected chi connectivity index (χ1v) is 7.42. The summed E-state index contributed by atoms with van der Waals surface area (Å²) < 4.78 is 5.05. The zero-order chi connectivity index (χ0) is 17.6. The van der Waals surface area contributed by atoms with E-state index >= 15 is 0 Å². The molecule has 0 aromatic carbocycles. The van der Waals surface area contributed by atoms with Gasteiger partial charge in [-0.05, 0) is 27.2 Å². The number of aromatic nitrogens is 1. The maximum Gasteiger partial charge on any atom is 0.326 e. The lowest BCUT2D eigenvalue weighted by Gasteiger charge is -2.26. The summed E-state index contributed by atoms with van der Waals surface area (Å²) in [7, 11) is 0. The van der Waals surface area contributed by atoms with E-state index in [0.29, 0.717) is 12.2 Å². The highest BCUT2D eigenvalue weighted by molar-refractivity contribution is 5.83. The standard InChI is InChI=1S/C15H23N3O5/c1-9-13(11(3)23-17-9)5-6-14(20)18(10(2)15(21)22)8-7-16-12(4)19/h10H,5-8H2,1-4H3,(H,16,19)(H,21,22). The molecule has 1 aromatic rings. The van der Waals surface area contributed by atoms with Crippen LogP contribution in [-0.2, 0) is 20.8 Å². The Balaban J connectivity index is 2.70. The lowest BCUT2D eigenvalue weighted by molar-refractivity contribution is -0.149. The van der Waals surface area contributed by atoms with Gasteiger partial charge < -0.3 is 19.8 Å². The van der Waals surface area contributed by atoms with Crippen LogP contribution in [0.25, 0.3) is 0 Å². The average Bonchev–Trinajstić information content (AvgIpc) is 2.79. The predicted octanol–water partition coefficient (Wildman–Crippen LogP) is 0.662. The molecule has 1 atom stereocenters. The Morgan fingerprint density at radius 3 is 2.48 bits per heavy atom. The summed E-state index contributed by atoms with van der Waals surface area (Å²) in [5, 5.41) is 15.5. The van der Waals surface area contributed by atoms with E-state index < -0.39 is 12.0 Å². The second-order valence-electron chi connectivity index (χ2n) is 5.39. The quantitative estimate of drug-likeness (QED) is 0.726. The van der Waals surface area contributed by atoms with E-state index in [-0.39, 0.29) is 31.3 Å². The van der Waals surface area contributed by atoms with E-state index in [1.54, 1.807) is 13.8 Å². The van der Waals surface area contributed by atoms with Crippen LogP contribution in [0.3, 0.4) is 0 Å². The van der Waals surface area contributed by atoms with Gasteiger partial charge in [-0.2, -0.15) is 0 Å². The van der Waals surface area contributed by atoms with Crippen LogP contribution in [0.15, 0.2) is 4.52 Å². The molecule has 23 heavy (non-hydrogen) atoms. The fraction of sp³-hybridized carbons (Fsp3) is 0.600. The number of carboxylic acid groups (broad SMARTS) is 1. The Morgan fingerprint density at radius 2 is 2.00 bits per heavy atom. The second kappa shape index (κ2) is 8.30. The highest BCUT2D eigenvalue weighted by Crippen LogP contribution is 2.15. The molecule has 0 fully saturated rings. The van der Waals surface area contributed by atoms with Crippen LogP contribution in [0, 0.1) is 13.8 Å². The molecule has 0 aliphatic rings. The molecule has 0 aliphatic heterocycles. The molecule has 128 valence electrons. The molecule has 8 heteroatoms. The van der Waals surface area contributed by atoms with Gasteiger partial charge >= 0.3 is 5.97 Å². The highest BCUT2D eigenvalue weighted by Gasteiger charge is 2.25. The Labute approximate surface area is 134 Å². The zero-order valence-corrected chi connectivity index (χ0v) is 13.9. The van der Waals surface area contributed by atoms with E-state index in [2.05, 4.69) is 10.5 Å². The molecule has 0 radical (unpaired) electrons. The molecule has 2 amide bonds. The Bertz CT molecular complexity index is 562. The molecule has 0 saturated carbocycles. The fourth-order valence-electron chi connectivity index (χ4n) is 2.25. The minimum Gasteiger partial charge on any atom is -0.480 e. The molecule has 1 rings (SSSR count). The average molecular weight is 325 g/mol. The van der Waals surface area contributed by atoms with Gasteiger partial charge in [0.1, 0.15) is 11.8 Å². The fourth-order valence-corrected chi connectivity index (χ4v) is 2.25. The molecule has 0 aliphatic carbocycles. The molecular weight excluding hydrogens is 302 g/mol. The van der Waals surface area contributed by atoms with Gasteiger partial charge in [-0.3, -0.25) is 9.59 Å². The van der Waals surface area contributed by atoms with Crippen LogP contribution in [0.4, 0.5) is 0 Å². The Hall–Kier alpha value is -2.38. The first-order chi connectivity index (χ1) is 10.7. The van der Waals surface area contributed by atoms with Crippen LogP contribution in [0.5, 0.6) is 0 Å². The van der Waals surface area contributed by atoms with Gasteiger partial charge in [-0.1, -0.05) is 5.16 Å². The summed E-state index contributed by atoms with van der Waals surface area (Å²) in [6, 6.07) is -0.957. The van der Waals surface area contributed by atoms with Gasteiger partial charge in [0.25, 0.3) is 0 Å². The maximum atomic E-state index is 12.4. The summed E-state index contributed by atoms with van der Waals surface area (Å²) in [5.41, 5.74) is 1.59. The zero-order valence-electron chi connectivity index (χ0n) is 13.9. The van der Waals surface area contributed by atoms with E-state index in [4.69, 9.17) is 9.63 Å². The number of carbonyl (C=O) groups excluding carboxylic acids is 2. The van der Waals surface area contributed by atoms with Gasteiger partial charge in [-0.15, -0.1) is 0 Å². The van der Waals surface area contributed by atoms with Gasteiger partial charge in [0.05, 0.1) is 5.69 Å². The minimum absolute atomic E-state index is 0.146. The Morgan fingerprint density at radius 1 is 1.35 bits per heavy atom. The van der Waals surface area contributed by atoms with Crippen molar-refractivity contribution in [3.05, 3.63) is 17.0 Å². The third-order valence-corrected chi connectivity index (χ3v) is 3.64. The van der Waals surface area contributed by atoms with Crippen molar-refractivity contribution in [2.75, 3.05) is 13.1 Å². The van der Waals surface area contributed by atoms with Crippen LogP contribution < -0.4 is 5.32 Å². The second-order valence-corrected chi connectivity index (χ2v) is 5.39. The number of amides is 2. The topological polar surface area (TPSA) is 113 Å². The van der Waals surface area contributed by atoms with Crippen molar-refractivity contribution in [2.24, 2.45) is 0 Å². The maximum absolute atomic E-state index is 12.4. The van der Waals surface area contributed by atoms with Crippen molar-refractivity contribution >= 4 is 17.8 Å². The molecule has 0 saturated heterocycles. The smallest absolute Gasteiger partial charge is 0.326 e. The van der Waals surface area contributed by atoms with Crippen LogP contribution in [0.2, 0.25) is 0 Å². The lowest BCUT2D eigenvalue weighted by Crippen LogP contribution is -2.46. The normalized spacial score (nSPS) is 11.8. The van der Waals surface area contributed by atoms with Gasteiger partial charge in [-0.25, -0.2) is 4.79 Å². The number of hydrogen-bond acceptors (Lipinski definition) is 5. The minimum atomic E-state index is -1.08. The van der Waals surface area contributed by atoms with Gasteiger partial charge in [0.15, 0.2) is 0 Å². The van der Waals surface area contributed by atoms with E-state index in [0.717, 1.165) is 11.3 Å². The summed E-state index contributed by atoms with van der Waals surface area (Å²) >= 11 is 0. The van der Waals surface area contributed by atoms with E-state index in [9.17, 15) is 14.4 Å². The Kier molecular flexibility index (Phi) is 6.74. The predicted molar refractivity (Wildman–Crippen MR) is 81.8 cm³/mol. The molecular formula is C15H23N3O5. The largest absolute Gasteiger partial charge is 0.480 e. The van der Waals surface area contributed by atoms with Crippen LogP contribution in [0.1, 0.15) is 37.3 Å². The third kappa shape index (κ3) is 5.39. The SMILES string of the molecule is CC(=O)NCCN(C(=O)CCc1c(C)noc1C)C(C)C(=O)O. The first-order valence-electron chi connectivity index (χ1n) is 7.42. The number of carbonyl (C=O) groups is 3. The monoisotopic (exact) mass is 325 g/mol. The number of aryl methyl sites for hydroxylation is 2. The van der Waals surface area contributed by atoms with Crippen LogP contribution in [-0.4, -0.2) is 52.1 Å². The van der Waals surface area contributed by atoms with Gasteiger partial charge in [0, 0.05) is 32.0 Å². The molecule has 1 heterocycles. The summed E-state index contributed by atoms with van der Waals surface area (Å²) in [6.07, 6.45) is 0.587. The van der Waals surface area contributed by atoms with E-state index in [1.165, 1.54) is 18.7 Å². The van der Waals surface area contributed by atoms with Crippen molar-refractivity contribution in [2.45, 2.75) is 46.6 Å². The summed E-state index contributed by atoms with van der Waals surface area (Å²) in [4.78, 5) is 35.7. The summed E-state index contributed by atoms with van der Waals surface area (Å²) in [5.74, 6) is -0.939. The lowest BCUT2D eigenvalue weighted by atomic mass is 10.1. The summed E-state index contributed by atoms with van der Waals surface area (Å²) in [6.45, 7) is 6.74. The van der Waals surface area contributed by atoms with Crippen molar-refractivity contribution in [1.82, 2.24) is 15.4 Å². The van der Waals surface area contributed by atoms with Crippen molar-refractivity contribution < 1.29 is 24.0 Å². The number of aliphatic carboxylic acids is 1. The number of nitrogens with one attached hydrogen (secondary N) is 1. The number of nitrogens with zero attached hydrogens (tertiary/aromatic N) is 2. The van der Waals surface area contributed by atoms with Crippen molar-refractivity contribution in [3.63, 3.8) is 0 Å².